The second kappa shape index (κ2) is 5.82. The summed E-state index contributed by atoms with van der Waals surface area (Å²) in [7, 11) is -3.15. The van der Waals surface area contributed by atoms with Gasteiger partial charge in [-0.15, -0.1) is 0 Å². The Bertz CT molecular complexity index is 996. The summed E-state index contributed by atoms with van der Waals surface area (Å²) in [5.74, 6) is 0.342. The van der Waals surface area contributed by atoms with Gasteiger partial charge in [-0.2, -0.15) is 0 Å². The number of aromatic amines is 1. The predicted octanol–water partition coefficient (Wildman–Crippen LogP) is 2.64. The third kappa shape index (κ3) is 2.48. The van der Waals surface area contributed by atoms with E-state index in [9.17, 15) is 8.42 Å². The van der Waals surface area contributed by atoms with Crippen molar-refractivity contribution in [1.29, 1.82) is 0 Å². The van der Waals surface area contributed by atoms with Crippen LogP contribution in [-0.4, -0.2) is 46.5 Å². The lowest BCUT2D eigenvalue weighted by Crippen LogP contribution is -2.39. The zero-order valence-electron chi connectivity index (χ0n) is 13.6. The second-order valence-electron chi connectivity index (χ2n) is 6.26. The summed E-state index contributed by atoms with van der Waals surface area (Å²) in [5, 5.41) is 2.13. The van der Waals surface area contributed by atoms with Crippen LogP contribution in [0.25, 0.3) is 21.9 Å². The van der Waals surface area contributed by atoms with Gasteiger partial charge in [0.1, 0.15) is 5.65 Å². The van der Waals surface area contributed by atoms with Crippen molar-refractivity contribution < 1.29 is 8.42 Å². The van der Waals surface area contributed by atoms with Crippen LogP contribution in [0.3, 0.4) is 0 Å². The molecule has 0 radical (unpaired) electrons. The lowest BCUT2D eigenvalue weighted by atomic mass is 9.89. The Balaban J connectivity index is 1.83. The molecule has 0 bridgehead atoms. The number of nitrogens with one attached hydrogen (secondary N) is 1. The van der Waals surface area contributed by atoms with Crippen LogP contribution in [0, 0.1) is 0 Å². The molecule has 6 nitrogen and oxygen atoms in total. The fourth-order valence-electron chi connectivity index (χ4n) is 3.65. The van der Waals surface area contributed by atoms with E-state index < -0.39 is 10.0 Å². The SMILES string of the molecule is CCS(=O)(=O)N1CCCC(c2ccnc3cnc4[nH]ccc4c23)C1. The zero-order valence-corrected chi connectivity index (χ0v) is 14.4. The molecular formula is C17H20N4O2S. The normalized spacial score (nSPS) is 20.0. The molecule has 0 aliphatic carbocycles. The van der Waals surface area contributed by atoms with Crippen LogP contribution >= 0.6 is 0 Å². The molecule has 3 aromatic rings. The Kier molecular flexibility index (Phi) is 3.77. The first kappa shape index (κ1) is 15.5. The average Bonchev–Trinajstić information content (AvgIpc) is 3.10. The highest BCUT2D eigenvalue weighted by Crippen LogP contribution is 2.35. The average molecular weight is 344 g/mol. The molecule has 0 amide bonds. The zero-order chi connectivity index (χ0) is 16.7. The minimum atomic E-state index is -3.15. The van der Waals surface area contributed by atoms with Crippen LogP contribution in [0.5, 0.6) is 0 Å². The largest absolute Gasteiger partial charge is 0.346 e. The van der Waals surface area contributed by atoms with E-state index in [4.69, 9.17) is 0 Å². The van der Waals surface area contributed by atoms with E-state index >= 15 is 0 Å². The molecule has 3 aromatic heterocycles. The third-order valence-electron chi connectivity index (χ3n) is 4.91. The van der Waals surface area contributed by atoms with Crippen LogP contribution in [0.15, 0.2) is 30.7 Å². The number of hydrogen-bond donors (Lipinski definition) is 1. The minimum Gasteiger partial charge on any atom is -0.346 e. The van der Waals surface area contributed by atoms with E-state index in [0.717, 1.165) is 34.8 Å². The van der Waals surface area contributed by atoms with Crippen LogP contribution in [-0.2, 0) is 10.0 Å². The van der Waals surface area contributed by atoms with E-state index in [2.05, 4.69) is 15.0 Å². The monoisotopic (exact) mass is 344 g/mol. The number of sulfonamides is 1. The summed E-state index contributed by atoms with van der Waals surface area (Å²) in [6.45, 7) is 2.87. The van der Waals surface area contributed by atoms with Gasteiger partial charge >= 0.3 is 0 Å². The van der Waals surface area contributed by atoms with Crippen molar-refractivity contribution in [3.8, 4) is 0 Å². The van der Waals surface area contributed by atoms with Gasteiger partial charge in [0, 0.05) is 36.3 Å². The van der Waals surface area contributed by atoms with Crippen LogP contribution in [0.4, 0.5) is 0 Å². The van der Waals surface area contributed by atoms with Gasteiger partial charge in [-0.3, -0.25) is 4.98 Å². The Morgan fingerprint density at radius 3 is 3.04 bits per heavy atom. The standard InChI is InChI=1S/C17H20N4O2S/c1-2-24(22,23)21-9-3-4-12(11-21)13-5-7-18-15-10-20-17-14(16(13)15)6-8-19-17/h5-8,10,12H,2-4,9,11H2,1H3,(H,19,20). The highest BCUT2D eigenvalue weighted by Gasteiger charge is 2.29. The Morgan fingerprint density at radius 1 is 1.33 bits per heavy atom. The molecule has 126 valence electrons. The summed E-state index contributed by atoms with van der Waals surface area (Å²) in [5.41, 5.74) is 2.86. The van der Waals surface area contributed by atoms with Gasteiger partial charge in [-0.1, -0.05) is 0 Å². The number of H-pyrrole nitrogens is 1. The smallest absolute Gasteiger partial charge is 0.213 e. The lowest BCUT2D eigenvalue weighted by Gasteiger charge is -2.32. The van der Waals surface area contributed by atoms with Crippen molar-refractivity contribution >= 4 is 32.0 Å². The molecule has 1 fully saturated rings. The van der Waals surface area contributed by atoms with Crippen molar-refractivity contribution in [1.82, 2.24) is 19.3 Å². The lowest BCUT2D eigenvalue weighted by molar-refractivity contribution is 0.317. The predicted molar refractivity (Wildman–Crippen MR) is 94.4 cm³/mol. The van der Waals surface area contributed by atoms with Crippen LogP contribution < -0.4 is 0 Å². The molecule has 4 heterocycles. The quantitative estimate of drug-likeness (QED) is 0.792. The third-order valence-corrected chi connectivity index (χ3v) is 6.75. The van der Waals surface area contributed by atoms with Gasteiger partial charge in [0.25, 0.3) is 0 Å². The van der Waals surface area contributed by atoms with Gasteiger partial charge in [-0.05, 0) is 43.4 Å². The minimum absolute atomic E-state index is 0.156. The first-order valence-corrected chi connectivity index (χ1v) is 9.89. The fraction of sp³-hybridized carbons (Fsp3) is 0.412. The Labute approximate surface area is 141 Å². The molecule has 7 heteroatoms. The second-order valence-corrected chi connectivity index (χ2v) is 8.51. The molecule has 0 saturated carbocycles. The highest BCUT2D eigenvalue weighted by atomic mass is 32.2. The number of hydrogen-bond acceptors (Lipinski definition) is 4. The first-order chi connectivity index (χ1) is 11.6. The topological polar surface area (TPSA) is 79.0 Å². The molecule has 4 rings (SSSR count). The summed E-state index contributed by atoms with van der Waals surface area (Å²) < 4.78 is 26.2. The number of piperidine rings is 1. The van der Waals surface area contributed by atoms with Gasteiger partial charge < -0.3 is 4.98 Å². The number of rotatable bonds is 3. The molecule has 24 heavy (non-hydrogen) atoms. The molecule has 0 aromatic carbocycles. The molecule has 1 N–H and O–H groups in total. The van der Waals surface area contributed by atoms with Crippen LogP contribution in [0.1, 0.15) is 31.2 Å². The Hall–Kier alpha value is -1.99. The molecule has 1 saturated heterocycles. The number of nitrogens with zero attached hydrogens (tertiary/aromatic N) is 3. The van der Waals surface area contributed by atoms with Crippen molar-refractivity contribution in [3.05, 3.63) is 36.3 Å². The molecule has 1 unspecified atom stereocenters. The van der Waals surface area contributed by atoms with E-state index in [1.165, 1.54) is 5.56 Å². The van der Waals surface area contributed by atoms with E-state index in [1.807, 2.05) is 18.3 Å². The van der Waals surface area contributed by atoms with E-state index in [1.54, 1.807) is 23.6 Å². The maximum atomic E-state index is 12.3. The summed E-state index contributed by atoms with van der Waals surface area (Å²) >= 11 is 0. The summed E-state index contributed by atoms with van der Waals surface area (Å²) in [6.07, 6.45) is 7.33. The number of pyridine rings is 2. The van der Waals surface area contributed by atoms with Crippen molar-refractivity contribution in [2.24, 2.45) is 0 Å². The molecule has 1 aliphatic heterocycles. The van der Waals surface area contributed by atoms with Crippen molar-refractivity contribution in [2.45, 2.75) is 25.7 Å². The van der Waals surface area contributed by atoms with Gasteiger partial charge in [0.05, 0.1) is 17.5 Å². The Morgan fingerprint density at radius 2 is 2.21 bits per heavy atom. The van der Waals surface area contributed by atoms with Gasteiger partial charge in [-0.25, -0.2) is 17.7 Å². The van der Waals surface area contributed by atoms with E-state index in [0.29, 0.717) is 13.1 Å². The molecule has 1 atom stereocenters. The molecular weight excluding hydrogens is 324 g/mol. The maximum Gasteiger partial charge on any atom is 0.213 e. The van der Waals surface area contributed by atoms with Crippen molar-refractivity contribution in [2.75, 3.05) is 18.8 Å². The van der Waals surface area contributed by atoms with Gasteiger partial charge in [0.15, 0.2) is 0 Å². The number of fused-ring (bicyclic) bond motifs is 3. The molecule has 1 aliphatic rings. The van der Waals surface area contributed by atoms with E-state index in [-0.39, 0.29) is 11.7 Å². The van der Waals surface area contributed by atoms with Crippen molar-refractivity contribution in [3.63, 3.8) is 0 Å². The molecule has 0 spiro atoms. The maximum absolute atomic E-state index is 12.3. The summed E-state index contributed by atoms with van der Waals surface area (Å²) in [6, 6.07) is 4.04. The fourth-order valence-corrected chi connectivity index (χ4v) is 4.83. The number of aromatic nitrogens is 3. The van der Waals surface area contributed by atoms with Crippen LogP contribution in [0.2, 0.25) is 0 Å². The highest BCUT2D eigenvalue weighted by molar-refractivity contribution is 7.89. The summed E-state index contributed by atoms with van der Waals surface area (Å²) in [4.78, 5) is 12.0. The first-order valence-electron chi connectivity index (χ1n) is 8.28. The van der Waals surface area contributed by atoms with Gasteiger partial charge in [0.2, 0.25) is 10.0 Å².